The minimum Gasteiger partial charge on any atom is -0.309 e. The van der Waals surface area contributed by atoms with E-state index in [0.29, 0.717) is 0 Å². The summed E-state index contributed by atoms with van der Waals surface area (Å²) in [5, 5.41) is 2.59. The van der Waals surface area contributed by atoms with E-state index in [1.165, 1.54) is 55.3 Å². The summed E-state index contributed by atoms with van der Waals surface area (Å²) in [7, 11) is 0. The van der Waals surface area contributed by atoms with Crippen molar-refractivity contribution in [2.75, 3.05) is 0 Å². The maximum atomic E-state index is 4.14. The molecular weight excluding hydrogens is 362 g/mol. The van der Waals surface area contributed by atoms with Crippen molar-refractivity contribution >= 4 is 21.8 Å². The van der Waals surface area contributed by atoms with E-state index in [9.17, 15) is 0 Å². The van der Waals surface area contributed by atoms with Crippen molar-refractivity contribution in [2.24, 2.45) is 0 Å². The van der Waals surface area contributed by atoms with Crippen LogP contribution in [-0.2, 0) is 6.42 Å². The third kappa shape index (κ3) is 2.95. The van der Waals surface area contributed by atoms with Crippen molar-refractivity contribution in [3.63, 3.8) is 0 Å². The van der Waals surface area contributed by atoms with Gasteiger partial charge in [0.2, 0.25) is 0 Å². The third-order valence-electron chi connectivity index (χ3n) is 5.90. The van der Waals surface area contributed by atoms with Crippen molar-refractivity contribution in [3.8, 4) is 16.8 Å². The number of benzene rings is 4. The molecule has 4 aromatic carbocycles. The molecule has 0 spiro atoms. The highest BCUT2D eigenvalue weighted by Crippen LogP contribution is 2.38. The lowest BCUT2D eigenvalue weighted by atomic mass is 9.92. The number of fused-ring (bicyclic) bond motifs is 3. The molecule has 0 N–H and O–H groups in total. The first-order valence-electron chi connectivity index (χ1n) is 10.5. The number of nitrogens with zero attached hydrogens (tertiary/aromatic N) is 1. The van der Waals surface area contributed by atoms with Crippen LogP contribution in [0.5, 0.6) is 0 Å². The summed E-state index contributed by atoms with van der Waals surface area (Å²) in [6, 6.07) is 32.7. The Morgan fingerprint density at radius 1 is 0.733 bits per heavy atom. The van der Waals surface area contributed by atoms with Crippen LogP contribution in [0.2, 0.25) is 0 Å². The fourth-order valence-electron chi connectivity index (χ4n) is 4.62. The summed E-state index contributed by atoms with van der Waals surface area (Å²) in [6.07, 6.45) is 0.898. The molecule has 1 aromatic heterocycles. The molecule has 30 heavy (non-hydrogen) atoms. The maximum absolute atomic E-state index is 4.14. The third-order valence-corrected chi connectivity index (χ3v) is 5.90. The number of rotatable bonds is 4. The van der Waals surface area contributed by atoms with E-state index in [-0.39, 0.29) is 0 Å². The van der Waals surface area contributed by atoms with Gasteiger partial charge in [0.25, 0.3) is 0 Å². The molecule has 0 saturated heterocycles. The molecule has 0 bridgehead atoms. The molecule has 1 heterocycles. The van der Waals surface area contributed by atoms with Gasteiger partial charge in [-0.1, -0.05) is 84.9 Å². The summed E-state index contributed by atoms with van der Waals surface area (Å²) in [5.74, 6) is 0. The first kappa shape index (κ1) is 18.4. The van der Waals surface area contributed by atoms with Crippen LogP contribution in [0.4, 0.5) is 0 Å². The van der Waals surface area contributed by atoms with E-state index in [1.807, 2.05) is 0 Å². The van der Waals surface area contributed by atoms with E-state index >= 15 is 0 Å². The molecule has 0 saturated carbocycles. The van der Waals surface area contributed by atoms with Crippen LogP contribution in [0.15, 0.2) is 103 Å². The first-order valence-corrected chi connectivity index (χ1v) is 10.5. The quantitative estimate of drug-likeness (QED) is 0.276. The molecule has 0 aliphatic carbocycles. The highest BCUT2D eigenvalue weighted by molar-refractivity contribution is 6.11. The Bertz CT molecular complexity index is 1390. The zero-order valence-electron chi connectivity index (χ0n) is 17.5. The first-order chi connectivity index (χ1) is 14.6. The Morgan fingerprint density at radius 3 is 2.23 bits per heavy atom. The van der Waals surface area contributed by atoms with Crippen molar-refractivity contribution < 1.29 is 0 Å². The zero-order chi connectivity index (χ0) is 20.7. The molecule has 0 atom stereocenters. The SMILES string of the molecule is C=C(C)Cc1ccccc1-c1ccc2c3ccccc3n(-c3ccccc3)c2c1C. The summed E-state index contributed by atoms with van der Waals surface area (Å²) < 4.78 is 2.41. The monoisotopic (exact) mass is 387 g/mol. The Morgan fingerprint density at radius 2 is 1.43 bits per heavy atom. The Kier molecular flexibility index (Phi) is 4.52. The van der Waals surface area contributed by atoms with Crippen molar-refractivity contribution in [1.29, 1.82) is 0 Å². The van der Waals surface area contributed by atoms with E-state index in [2.05, 4.69) is 116 Å². The second-order valence-electron chi connectivity index (χ2n) is 8.11. The summed E-state index contributed by atoms with van der Waals surface area (Å²) in [6.45, 7) is 8.49. The van der Waals surface area contributed by atoms with Crippen molar-refractivity contribution in [2.45, 2.75) is 20.3 Å². The van der Waals surface area contributed by atoms with Gasteiger partial charge in [0.05, 0.1) is 11.0 Å². The second-order valence-corrected chi connectivity index (χ2v) is 8.11. The van der Waals surface area contributed by atoms with Gasteiger partial charge in [-0.2, -0.15) is 0 Å². The molecule has 0 amide bonds. The van der Waals surface area contributed by atoms with Crippen LogP contribution < -0.4 is 0 Å². The highest BCUT2D eigenvalue weighted by atomic mass is 15.0. The van der Waals surface area contributed by atoms with Crippen molar-refractivity contribution in [1.82, 2.24) is 4.57 Å². The molecular formula is C29H25N. The molecule has 0 aliphatic rings. The van der Waals surface area contributed by atoms with Crippen LogP contribution in [0, 0.1) is 6.92 Å². The van der Waals surface area contributed by atoms with Crippen LogP contribution in [0.1, 0.15) is 18.1 Å². The van der Waals surface area contributed by atoms with Crippen molar-refractivity contribution in [3.05, 3.63) is 114 Å². The highest BCUT2D eigenvalue weighted by Gasteiger charge is 2.17. The minimum absolute atomic E-state index is 0.898. The number of hydrogen-bond acceptors (Lipinski definition) is 0. The van der Waals surface area contributed by atoms with Gasteiger partial charge in [-0.3, -0.25) is 0 Å². The van der Waals surface area contributed by atoms with Gasteiger partial charge in [0.1, 0.15) is 0 Å². The topological polar surface area (TPSA) is 4.93 Å². The van der Waals surface area contributed by atoms with E-state index in [4.69, 9.17) is 0 Å². The lowest BCUT2D eigenvalue weighted by Gasteiger charge is -2.15. The number of aromatic nitrogens is 1. The van der Waals surface area contributed by atoms with Crippen LogP contribution in [0.3, 0.4) is 0 Å². The van der Waals surface area contributed by atoms with E-state index < -0.39 is 0 Å². The molecule has 1 nitrogen and oxygen atoms in total. The van der Waals surface area contributed by atoms with Gasteiger partial charge in [-0.25, -0.2) is 0 Å². The lowest BCUT2D eigenvalue weighted by molar-refractivity contribution is 1.15. The molecule has 0 aliphatic heterocycles. The predicted octanol–water partition coefficient (Wildman–Crippen LogP) is 7.88. The fourth-order valence-corrected chi connectivity index (χ4v) is 4.62. The molecule has 5 rings (SSSR count). The van der Waals surface area contributed by atoms with Gasteiger partial charge < -0.3 is 4.57 Å². The molecule has 0 radical (unpaired) electrons. The zero-order valence-corrected chi connectivity index (χ0v) is 17.5. The number of allylic oxidation sites excluding steroid dienone is 1. The number of aryl methyl sites for hydroxylation is 1. The summed E-state index contributed by atoms with van der Waals surface area (Å²) >= 11 is 0. The van der Waals surface area contributed by atoms with Gasteiger partial charge in [0, 0.05) is 16.5 Å². The predicted molar refractivity (Wildman–Crippen MR) is 129 cm³/mol. The largest absolute Gasteiger partial charge is 0.309 e. The number of hydrogen-bond donors (Lipinski definition) is 0. The fraction of sp³-hybridized carbons (Fsp3) is 0.103. The van der Waals surface area contributed by atoms with E-state index in [0.717, 1.165) is 6.42 Å². The van der Waals surface area contributed by atoms with Crippen LogP contribution >= 0.6 is 0 Å². The van der Waals surface area contributed by atoms with Crippen LogP contribution in [0.25, 0.3) is 38.6 Å². The molecule has 5 aromatic rings. The Labute approximate surface area is 177 Å². The van der Waals surface area contributed by atoms with E-state index in [1.54, 1.807) is 0 Å². The molecule has 0 fully saturated rings. The Hall–Kier alpha value is -3.58. The average molecular weight is 388 g/mol. The lowest BCUT2D eigenvalue weighted by Crippen LogP contribution is -1.97. The smallest absolute Gasteiger partial charge is 0.0576 e. The summed E-state index contributed by atoms with van der Waals surface area (Å²) in [5.41, 5.74) is 10.1. The molecule has 1 heteroatoms. The second kappa shape index (κ2) is 7.35. The average Bonchev–Trinajstić information content (AvgIpc) is 3.10. The Balaban J connectivity index is 1.87. The van der Waals surface area contributed by atoms with Gasteiger partial charge >= 0.3 is 0 Å². The van der Waals surface area contributed by atoms with Gasteiger partial charge in [0.15, 0.2) is 0 Å². The maximum Gasteiger partial charge on any atom is 0.0576 e. The molecule has 146 valence electrons. The van der Waals surface area contributed by atoms with Crippen LogP contribution in [-0.4, -0.2) is 4.57 Å². The van der Waals surface area contributed by atoms with Gasteiger partial charge in [-0.15, -0.1) is 0 Å². The number of para-hydroxylation sites is 2. The normalized spacial score (nSPS) is 11.3. The summed E-state index contributed by atoms with van der Waals surface area (Å²) in [4.78, 5) is 0. The minimum atomic E-state index is 0.898. The molecule has 0 unspecified atom stereocenters. The van der Waals surface area contributed by atoms with Gasteiger partial charge in [-0.05, 0) is 60.7 Å². The standard InChI is InChI=1S/C29H25N/c1-20(2)19-22-11-7-8-14-25(22)24-17-18-27-26-15-9-10-16-28(26)30(29(27)21(24)3)23-12-5-4-6-13-23/h4-18H,1,19H2,2-3H3.